The highest BCUT2D eigenvalue weighted by molar-refractivity contribution is 5.84. The molecular weight excluding hydrogens is 232 g/mol. The molecule has 0 saturated heterocycles. The first-order valence-electron chi connectivity index (χ1n) is 6.67. The number of aliphatic hydroxyl groups is 2. The van der Waals surface area contributed by atoms with Crippen LogP contribution in [0.4, 0.5) is 0 Å². The number of ether oxygens (including phenoxy) is 1. The molecular formula is C14H20O4. The van der Waals surface area contributed by atoms with Gasteiger partial charge in [-0.05, 0) is 56.9 Å². The molecule has 0 aromatic carbocycles. The van der Waals surface area contributed by atoms with E-state index in [1.807, 2.05) is 0 Å². The van der Waals surface area contributed by atoms with Crippen LogP contribution in [0.25, 0.3) is 0 Å². The highest BCUT2D eigenvalue weighted by Crippen LogP contribution is 2.61. The molecule has 0 aliphatic heterocycles. The lowest BCUT2D eigenvalue weighted by Crippen LogP contribution is -2.57. The summed E-state index contributed by atoms with van der Waals surface area (Å²) in [6.07, 6.45) is 5.84. The Kier molecular flexibility index (Phi) is 2.49. The number of esters is 1. The van der Waals surface area contributed by atoms with Crippen molar-refractivity contribution < 1.29 is 19.7 Å². The van der Waals surface area contributed by atoms with E-state index in [2.05, 4.69) is 6.58 Å². The second-order valence-corrected chi connectivity index (χ2v) is 6.71. The first-order chi connectivity index (χ1) is 8.40. The van der Waals surface area contributed by atoms with Crippen molar-refractivity contribution in [2.24, 2.45) is 17.3 Å². The number of hydrogen-bond donors (Lipinski definition) is 2. The number of rotatable bonds is 3. The molecule has 0 radical (unpaired) electrons. The minimum Gasteiger partial charge on any atom is -0.502 e. The molecule has 4 saturated carbocycles. The molecule has 4 fully saturated rings. The summed E-state index contributed by atoms with van der Waals surface area (Å²) in [6.45, 7) is 3.47. The van der Waals surface area contributed by atoms with Gasteiger partial charge in [-0.3, -0.25) is 0 Å². The van der Waals surface area contributed by atoms with Crippen LogP contribution in [-0.2, 0) is 9.53 Å². The van der Waals surface area contributed by atoms with Gasteiger partial charge in [-0.15, -0.1) is 0 Å². The Bertz CT molecular complexity index is 387. The van der Waals surface area contributed by atoms with E-state index in [1.165, 1.54) is 6.42 Å². The predicted molar refractivity (Wildman–Crippen MR) is 64.8 cm³/mol. The van der Waals surface area contributed by atoms with Crippen molar-refractivity contribution >= 4 is 5.97 Å². The van der Waals surface area contributed by atoms with Gasteiger partial charge >= 0.3 is 5.97 Å². The standard InChI is InChI=1S/C14H20O4/c1-9(15)12(16)18-8-13-3-10-2-11(4-13)6-14(17,5-10)7-13/h10-11,15,17H,1-8H2. The lowest BCUT2D eigenvalue weighted by atomic mass is 9.48. The fourth-order valence-corrected chi connectivity index (χ4v) is 4.87. The largest absolute Gasteiger partial charge is 0.502 e. The third-order valence-electron chi connectivity index (χ3n) is 4.90. The molecule has 4 aliphatic rings. The zero-order valence-electron chi connectivity index (χ0n) is 10.5. The van der Waals surface area contributed by atoms with Crippen LogP contribution in [0.1, 0.15) is 38.5 Å². The van der Waals surface area contributed by atoms with Gasteiger partial charge in [-0.1, -0.05) is 0 Å². The highest BCUT2D eigenvalue weighted by Gasteiger charge is 2.57. The third kappa shape index (κ3) is 1.92. The van der Waals surface area contributed by atoms with Crippen molar-refractivity contribution in [3.8, 4) is 0 Å². The molecule has 0 aromatic rings. The smallest absolute Gasteiger partial charge is 0.372 e. The van der Waals surface area contributed by atoms with E-state index >= 15 is 0 Å². The van der Waals surface area contributed by atoms with Gasteiger partial charge in [0.25, 0.3) is 0 Å². The van der Waals surface area contributed by atoms with E-state index in [-0.39, 0.29) is 5.41 Å². The second kappa shape index (κ2) is 3.73. The van der Waals surface area contributed by atoms with E-state index in [1.54, 1.807) is 0 Å². The van der Waals surface area contributed by atoms with Gasteiger partial charge in [0.2, 0.25) is 0 Å². The van der Waals surface area contributed by atoms with Crippen molar-refractivity contribution in [2.45, 2.75) is 44.1 Å². The molecule has 0 aromatic heterocycles. The summed E-state index contributed by atoms with van der Waals surface area (Å²) >= 11 is 0. The Morgan fingerprint density at radius 1 is 1.28 bits per heavy atom. The number of aliphatic hydroxyl groups excluding tert-OH is 1. The Morgan fingerprint density at radius 2 is 1.89 bits per heavy atom. The summed E-state index contributed by atoms with van der Waals surface area (Å²) in [4.78, 5) is 11.3. The molecule has 4 rings (SSSR count). The summed E-state index contributed by atoms with van der Waals surface area (Å²) in [5, 5.41) is 19.5. The summed E-state index contributed by atoms with van der Waals surface area (Å²) in [6, 6.07) is 0. The Hall–Kier alpha value is -1.03. The maximum absolute atomic E-state index is 11.3. The summed E-state index contributed by atoms with van der Waals surface area (Å²) < 4.78 is 5.13. The molecule has 0 heterocycles. The second-order valence-electron chi connectivity index (χ2n) is 6.71. The normalized spacial score (nSPS) is 44.9. The van der Waals surface area contributed by atoms with Crippen LogP contribution < -0.4 is 0 Å². The Morgan fingerprint density at radius 3 is 2.39 bits per heavy atom. The van der Waals surface area contributed by atoms with Crippen LogP contribution >= 0.6 is 0 Å². The number of hydrogen-bond acceptors (Lipinski definition) is 4. The van der Waals surface area contributed by atoms with Crippen LogP contribution in [0, 0.1) is 17.3 Å². The van der Waals surface area contributed by atoms with Gasteiger partial charge in [0, 0.05) is 5.41 Å². The minimum absolute atomic E-state index is 0.0655. The van der Waals surface area contributed by atoms with Crippen molar-refractivity contribution in [3.63, 3.8) is 0 Å². The summed E-state index contributed by atoms with van der Waals surface area (Å²) in [5.74, 6) is -0.129. The quantitative estimate of drug-likeness (QED) is 0.457. The van der Waals surface area contributed by atoms with Gasteiger partial charge in [0.1, 0.15) is 0 Å². The number of carbonyl (C=O) groups is 1. The maximum Gasteiger partial charge on any atom is 0.372 e. The van der Waals surface area contributed by atoms with E-state index in [0.717, 1.165) is 32.1 Å². The van der Waals surface area contributed by atoms with Gasteiger partial charge in [-0.25, -0.2) is 4.79 Å². The molecule has 4 heteroatoms. The fraction of sp³-hybridized carbons (Fsp3) is 0.786. The summed E-state index contributed by atoms with van der Waals surface area (Å²) in [5.41, 5.74) is -0.601. The van der Waals surface area contributed by atoms with E-state index in [4.69, 9.17) is 9.84 Å². The summed E-state index contributed by atoms with van der Waals surface area (Å²) in [7, 11) is 0. The molecule has 18 heavy (non-hydrogen) atoms. The van der Waals surface area contributed by atoms with Crippen LogP contribution in [0.15, 0.2) is 12.3 Å². The zero-order chi connectivity index (χ0) is 13.0. The monoisotopic (exact) mass is 252 g/mol. The average Bonchev–Trinajstić information content (AvgIpc) is 2.22. The van der Waals surface area contributed by atoms with Crippen molar-refractivity contribution in [3.05, 3.63) is 12.3 Å². The van der Waals surface area contributed by atoms with Crippen molar-refractivity contribution in [1.82, 2.24) is 0 Å². The van der Waals surface area contributed by atoms with Crippen molar-refractivity contribution in [1.29, 1.82) is 0 Å². The molecule has 100 valence electrons. The molecule has 0 amide bonds. The zero-order valence-corrected chi connectivity index (χ0v) is 10.5. The van der Waals surface area contributed by atoms with Crippen molar-refractivity contribution in [2.75, 3.05) is 6.61 Å². The van der Waals surface area contributed by atoms with Crippen LogP contribution in [0.2, 0.25) is 0 Å². The first kappa shape index (κ1) is 12.0. The molecule has 2 atom stereocenters. The van der Waals surface area contributed by atoms with Gasteiger partial charge in [-0.2, -0.15) is 0 Å². The topological polar surface area (TPSA) is 66.8 Å². The lowest BCUT2D eigenvalue weighted by molar-refractivity contribution is -0.185. The van der Waals surface area contributed by atoms with Gasteiger partial charge in [0.05, 0.1) is 12.2 Å². The van der Waals surface area contributed by atoms with Crippen LogP contribution in [0.5, 0.6) is 0 Å². The maximum atomic E-state index is 11.3. The molecule has 4 aliphatic carbocycles. The SMILES string of the molecule is C=C(O)C(=O)OCC12CC3CC(CC(O)(C3)C1)C2. The van der Waals surface area contributed by atoms with E-state index < -0.39 is 17.3 Å². The average molecular weight is 252 g/mol. The molecule has 4 nitrogen and oxygen atoms in total. The molecule has 2 N–H and O–H groups in total. The fourth-order valence-electron chi connectivity index (χ4n) is 4.87. The van der Waals surface area contributed by atoms with Crippen LogP contribution in [-0.4, -0.2) is 28.4 Å². The number of carbonyl (C=O) groups excluding carboxylic acids is 1. The lowest BCUT2D eigenvalue weighted by Gasteiger charge is -2.59. The van der Waals surface area contributed by atoms with E-state index in [9.17, 15) is 9.90 Å². The van der Waals surface area contributed by atoms with Gasteiger partial charge < -0.3 is 14.9 Å². The minimum atomic E-state index is -0.738. The van der Waals surface area contributed by atoms with Crippen LogP contribution in [0.3, 0.4) is 0 Å². The van der Waals surface area contributed by atoms with E-state index in [0.29, 0.717) is 18.4 Å². The first-order valence-corrected chi connectivity index (χ1v) is 6.67. The third-order valence-corrected chi connectivity index (χ3v) is 4.90. The van der Waals surface area contributed by atoms with Gasteiger partial charge in [0.15, 0.2) is 5.76 Å². The Balaban J connectivity index is 1.71. The predicted octanol–water partition coefficient (Wildman–Crippen LogP) is 1.93. The molecule has 4 bridgehead atoms. The highest BCUT2D eigenvalue weighted by atomic mass is 16.5. The molecule has 0 spiro atoms. The molecule has 2 unspecified atom stereocenters. The Labute approximate surface area is 107 Å².